The number of benzene rings is 1. The molecule has 0 saturated heterocycles. The van der Waals surface area contributed by atoms with Crippen LogP contribution in [0.4, 0.5) is 5.69 Å². The number of nitrogens with two attached hydrogens (primary N) is 1. The molecule has 0 aliphatic carbocycles. The van der Waals surface area contributed by atoms with Crippen LogP contribution in [0.1, 0.15) is 11.3 Å². The van der Waals surface area contributed by atoms with E-state index in [-0.39, 0.29) is 11.5 Å². The van der Waals surface area contributed by atoms with E-state index >= 15 is 0 Å². The molecule has 9 nitrogen and oxygen atoms in total. The maximum Gasteiger partial charge on any atom is 0.290 e. The molecule has 0 unspecified atom stereocenters. The smallest absolute Gasteiger partial charge is 0.290 e. The van der Waals surface area contributed by atoms with Crippen molar-refractivity contribution in [1.29, 1.82) is 0 Å². The fourth-order valence-corrected chi connectivity index (χ4v) is 4.26. The van der Waals surface area contributed by atoms with E-state index in [1.165, 1.54) is 35.6 Å². The van der Waals surface area contributed by atoms with E-state index in [1.54, 1.807) is 7.11 Å². The number of hydrogen-bond acceptors (Lipinski definition) is 8. The van der Waals surface area contributed by atoms with Crippen molar-refractivity contribution in [2.45, 2.75) is 13.5 Å². The number of methoxy groups -OCH3 is 1. The van der Waals surface area contributed by atoms with Gasteiger partial charge in [0.25, 0.3) is 11.2 Å². The van der Waals surface area contributed by atoms with Gasteiger partial charge in [0.1, 0.15) is 9.53 Å². The number of hydrogen-bond donors (Lipinski definition) is 1. The maximum absolute atomic E-state index is 12.9. The molecule has 0 fully saturated rings. The van der Waals surface area contributed by atoms with Crippen LogP contribution >= 0.6 is 11.3 Å². The highest BCUT2D eigenvalue weighted by Crippen LogP contribution is 2.34. The van der Waals surface area contributed by atoms with E-state index in [4.69, 9.17) is 10.6 Å². The van der Waals surface area contributed by atoms with Gasteiger partial charge in [0.15, 0.2) is 5.82 Å². The Hall–Kier alpha value is -3.37. The lowest BCUT2D eigenvalue weighted by Crippen LogP contribution is -2.29. The van der Waals surface area contributed by atoms with E-state index in [2.05, 4.69) is 9.97 Å². The summed E-state index contributed by atoms with van der Waals surface area (Å²) in [7, 11) is 1.60. The molecule has 0 spiro atoms. The number of nitrogen functional groups attached to an aromatic ring is 1. The second-order valence-corrected chi connectivity index (χ2v) is 7.23. The van der Waals surface area contributed by atoms with Crippen molar-refractivity contribution in [2.75, 3.05) is 13.0 Å². The van der Waals surface area contributed by atoms with Gasteiger partial charge >= 0.3 is 0 Å². The number of nitro groups is 1. The predicted molar refractivity (Wildman–Crippen MR) is 107 cm³/mol. The SMILES string of the molecule is COCc1cc(C)nc2sc3c(=O)n(N)c(-c4ccc([N+](=O)[O-])cc4)nc3c12. The Morgan fingerprint density at radius 1 is 1.29 bits per heavy atom. The van der Waals surface area contributed by atoms with Crippen molar-refractivity contribution in [3.05, 3.63) is 62.1 Å². The van der Waals surface area contributed by atoms with Crippen LogP contribution in [0.5, 0.6) is 0 Å². The van der Waals surface area contributed by atoms with Gasteiger partial charge in [-0.2, -0.15) is 0 Å². The number of nitro benzene ring substituents is 1. The molecule has 3 heterocycles. The van der Waals surface area contributed by atoms with E-state index < -0.39 is 10.5 Å². The number of fused-ring (bicyclic) bond motifs is 3. The molecule has 3 aromatic heterocycles. The predicted octanol–water partition coefficient (Wildman–Crippen LogP) is 2.75. The molecule has 10 heteroatoms. The Labute approximate surface area is 162 Å². The first-order valence-corrected chi connectivity index (χ1v) is 9.07. The van der Waals surface area contributed by atoms with Gasteiger partial charge < -0.3 is 10.6 Å². The van der Waals surface area contributed by atoms with Crippen LogP contribution in [0, 0.1) is 17.0 Å². The summed E-state index contributed by atoms with van der Waals surface area (Å²) in [4.78, 5) is 33.1. The molecule has 28 heavy (non-hydrogen) atoms. The normalized spacial score (nSPS) is 11.4. The summed E-state index contributed by atoms with van der Waals surface area (Å²) >= 11 is 1.24. The summed E-state index contributed by atoms with van der Waals surface area (Å²) in [6, 6.07) is 7.63. The molecular formula is C18H15N5O4S. The van der Waals surface area contributed by atoms with Crippen molar-refractivity contribution in [3.63, 3.8) is 0 Å². The first-order chi connectivity index (χ1) is 13.4. The zero-order valence-corrected chi connectivity index (χ0v) is 15.8. The van der Waals surface area contributed by atoms with Gasteiger partial charge in [0.05, 0.1) is 17.0 Å². The number of ether oxygens (including phenoxy) is 1. The average molecular weight is 397 g/mol. The first-order valence-electron chi connectivity index (χ1n) is 8.25. The summed E-state index contributed by atoms with van der Waals surface area (Å²) in [6.07, 6.45) is 0. The third kappa shape index (κ3) is 2.79. The molecule has 0 saturated carbocycles. The zero-order valence-electron chi connectivity index (χ0n) is 15.0. The monoisotopic (exact) mass is 397 g/mol. The summed E-state index contributed by atoms with van der Waals surface area (Å²) in [5, 5.41) is 11.6. The number of non-ortho nitro benzene ring substituents is 1. The topological polar surface area (TPSA) is 126 Å². The molecule has 142 valence electrons. The molecule has 0 atom stereocenters. The Morgan fingerprint density at radius 3 is 2.64 bits per heavy atom. The Balaban J connectivity index is 2.03. The highest BCUT2D eigenvalue weighted by molar-refractivity contribution is 7.25. The largest absolute Gasteiger partial charge is 0.380 e. The molecule has 2 N–H and O–H groups in total. The van der Waals surface area contributed by atoms with Gasteiger partial charge in [-0.1, -0.05) is 0 Å². The zero-order chi connectivity index (χ0) is 20.0. The van der Waals surface area contributed by atoms with Crippen LogP contribution in [-0.4, -0.2) is 26.7 Å². The number of rotatable bonds is 4. The van der Waals surface area contributed by atoms with E-state index in [1.807, 2.05) is 13.0 Å². The number of pyridine rings is 1. The summed E-state index contributed by atoms with van der Waals surface area (Å²) in [6.45, 7) is 2.23. The van der Waals surface area contributed by atoms with Gasteiger partial charge in [-0.05, 0) is 30.7 Å². The van der Waals surface area contributed by atoms with Gasteiger partial charge in [-0.3, -0.25) is 14.9 Å². The third-order valence-corrected chi connectivity index (χ3v) is 5.40. The fourth-order valence-electron chi connectivity index (χ4n) is 3.12. The van der Waals surface area contributed by atoms with E-state index in [9.17, 15) is 14.9 Å². The molecule has 0 radical (unpaired) electrons. The van der Waals surface area contributed by atoms with Crippen molar-refractivity contribution in [2.24, 2.45) is 0 Å². The minimum atomic E-state index is -0.493. The standard InChI is InChI=1S/C18H15N5O4S/c1-9-7-11(8-27-2)13-14-15(28-17(13)20-9)18(24)22(19)16(21-14)10-3-5-12(6-4-10)23(25)26/h3-7H,8,19H2,1-2H3. The minimum absolute atomic E-state index is 0.0567. The number of nitrogens with zero attached hydrogens (tertiary/aromatic N) is 4. The molecule has 0 bridgehead atoms. The first kappa shape index (κ1) is 18.0. The quantitative estimate of drug-likeness (QED) is 0.319. The van der Waals surface area contributed by atoms with Gasteiger partial charge in [0, 0.05) is 35.9 Å². The lowest BCUT2D eigenvalue weighted by Gasteiger charge is -2.08. The second kappa shape index (κ2) is 6.66. The van der Waals surface area contributed by atoms with E-state index in [0.29, 0.717) is 27.2 Å². The van der Waals surface area contributed by atoms with E-state index in [0.717, 1.165) is 21.3 Å². The van der Waals surface area contributed by atoms with Crippen LogP contribution < -0.4 is 11.4 Å². The van der Waals surface area contributed by atoms with Crippen LogP contribution in [0.15, 0.2) is 35.1 Å². The Bertz CT molecular complexity index is 1290. The van der Waals surface area contributed by atoms with Crippen molar-refractivity contribution < 1.29 is 9.66 Å². The maximum atomic E-state index is 12.9. The van der Waals surface area contributed by atoms with Gasteiger partial charge in [0.2, 0.25) is 0 Å². The van der Waals surface area contributed by atoms with Crippen molar-refractivity contribution >= 4 is 37.5 Å². The lowest BCUT2D eigenvalue weighted by atomic mass is 10.1. The van der Waals surface area contributed by atoms with Crippen molar-refractivity contribution in [3.8, 4) is 11.4 Å². The molecule has 1 aromatic carbocycles. The molecule has 0 aliphatic heterocycles. The summed E-state index contributed by atoms with van der Waals surface area (Å²) in [5.41, 5.74) is 2.24. The number of aromatic nitrogens is 3. The fraction of sp³-hybridized carbons (Fsp3) is 0.167. The molecule has 0 aliphatic rings. The highest BCUT2D eigenvalue weighted by atomic mass is 32.1. The molecule has 4 aromatic rings. The Kier molecular flexibility index (Phi) is 4.28. The summed E-state index contributed by atoms with van der Waals surface area (Å²) in [5.74, 6) is 6.21. The van der Waals surface area contributed by atoms with Crippen LogP contribution in [0.3, 0.4) is 0 Å². The number of thiophene rings is 1. The van der Waals surface area contributed by atoms with Crippen molar-refractivity contribution in [1.82, 2.24) is 14.6 Å². The van der Waals surface area contributed by atoms with Crippen LogP contribution in [0.2, 0.25) is 0 Å². The van der Waals surface area contributed by atoms with Crippen LogP contribution in [-0.2, 0) is 11.3 Å². The minimum Gasteiger partial charge on any atom is -0.380 e. The van der Waals surface area contributed by atoms with Gasteiger partial charge in [-0.25, -0.2) is 14.6 Å². The van der Waals surface area contributed by atoms with Crippen LogP contribution in [0.25, 0.3) is 31.8 Å². The second-order valence-electron chi connectivity index (χ2n) is 6.23. The average Bonchev–Trinajstić information content (AvgIpc) is 3.03. The number of aryl methyl sites for hydroxylation is 1. The summed E-state index contributed by atoms with van der Waals surface area (Å²) < 4.78 is 6.65. The van der Waals surface area contributed by atoms with Gasteiger partial charge in [-0.15, -0.1) is 11.3 Å². The molecular weight excluding hydrogens is 382 g/mol. The lowest BCUT2D eigenvalue weighted by molar-refractivity contribution is -0.384. The molecule has 4 rings (SSSR count). The highest BCUT2D eigenvalue weighted by Gasteiger charge is 2.19. The molecule has 0 amide bonds. The Morgan fingerprint density at radius 2 is 2.00 bits per heavy atom. The third-order valence-electron chi connectivity index (χ3n) is 4.34.